The third-order valence-electron chi connectivity index (χ3n) is 3.37. The molecule has 0 aliphatic carbocycles. The van der Waals surface area contributed by atoms with Crippen molar-refractivity contribution in [2.75, 3.05) is 7.05 Å². The van der Waals surface area contributed by atoms with E-state index in [-0.39, 0.29) is 6.04 Å². The summed E-state index contributed by atoms with van der Waals surface area (Å²) in [6.07, 6.45) is 0. The number of benzene rings is 1. The lowest BCUT2D eigenvalue weighted by atomic mass is 10.1. The number of hydrogen-bond acceptors (Lipinski definition) is 3. The fourth-order valence-electron chi connectivity index (χ4n) is 1.86. The first kappa shape index (κ1) is 17.0. The topological polar surface area (TPSA) is 37.4 Å². The zero-order valence-electron chi connectivity index (χ0n) is 11.8. The summed E-state index contributed by atoms with van der Waals surface area (Å²) in [4.78, 5) is 0. The van der Waals surface area contributed by atoms with Crippen molar-refractivity contribution in [1.29, 1.82) is 0 Å². The van der Waals surface area contributed by atoms with E-state index in [1.54, 1.807) is 25.2 Å². The SMILES string of the molecule is Cc1cc(S(=O)(=O)N(C)C(C)c2ccc(Cl)cc2)sc1Br. The average molecular weight is 409 g/mol. The van der Waals surface area contributed by atoms with Crippen LogP contribution in [0.5, 0.6) is 0 Å². The van der Waals surface area contributed by atoms with E-state index in [0.29, 0.717) is 9.23 Å². The third kappa shape index (κ3) is 3.51. The van der Waals surface area contributed by atoms with Crippen LogP contribution in [0.2, 0.25) is 5.02 Å². The molecule has 2 aromatic rings. The second kappa shape index (κ2) is 6.38. The standard InChI is InChI=1S/C14H15BrClNO2S2/c1-9-8-13(20-14(9)15)21(18,19)17(3)10(2)11-4-6-12(16)7-5-11/h4-8,10H,1-3H3. The molecule has 0 fully saturated rings. The lowest BCUT2D eigenvalue weighted by Gasteiger charge is -2.24. The molecule has 0 bridgehead atoms. The molecule has 7 heteroatoms. The molecule has 0 spiro atoms. The van der Waals surface area contributed by atoms with E-state index >= 15 is 0 Å². The third-order valence-corrected chi connectivity index (χ3v) is 8.13. The summed E-state index contributed by atoms with van der Waals surface area (Å²) in [5.41, 5.74) is 1.82. The number of thiophene rings is 1. The number of aryl methyl sites for hydroxylation is 1. The molecular weight excluding hydrogens is 394 g/mol. The molecule has 0 saturated heterocycles. The summed E-state index contributed by atoms with van der Waals surface area (Å²) in [6, 6.07) is 8.63. The highest BCUT2D eigenvalue weighted by Crippen LogP contribution is 2.34. The van der Waals surface area contributed by atoms with Gasteiger partial charge in [0.05, 0.1) is 3.79 Å². The van der Waals surface area contributed by atoms with Gasteiger partial charge in [0.2, 0.25) is 0 Å². The summed E-state index contributed by atoms with van der Waals surface area (Å²) < 4.78 is 27.9. The minimum Gasteiger partial charge on any atom is -0.206 e. The summed E-state index contributed by atoms with van der Waals surface area (Å²) in [6.45, 7) is 3.73. The minimum atomic E-state index is -3.51. The highest BCUT2D eigenvalue weighted by atomic mass is 79.9. The van der Waals surface area contributed by atoms with Crippen LogP contribution in [0.1, 0.15) is 24.1 Å². The van der Waals surface area contributed by atoms with Crippen LogP contribution in [-0.2, 0) is 10.0 Å². The predicted octanol–water partition coefficient (Wildman–Crippen LogP) is 4.85. The molecule has 0 aliphatic heterocycles. The first-order valence-corrected chi connectivity index (χ1v) is 9.65. The van der Waals surface area contributed by atoms with Crippen LogP contribution in [0, 0.1) is 6.92 Å². The quantitative estimate of drug-likeness (QED) is 0.725. The Bertz CT molecular complexity index is 721. The lowest BCUT2D eigenvalue weighted by Crippen LogP contribution is -2.29. The molecule has 3 nitrogen and oxygen atoms in total. The van der Waals surface area contributed by atoms with Gasteiger partial charge in [0, 0.05) is 18.1 Å². The summed E-state index contributed by atoms with van der Waals surface area (Å²) >= 11 is 10.5. The van der Waals surface area contributed by atoms with Gasteiger partial charge in [-0.1, -0.05) is 23.7 Å². The molecule has 0 N–H and O–H groups in total. The van der Waals surface area contributed by atoms with Gasteiger partial charge in [-0.15, -0.1) is 11.3 Å². The smallest absolute Gasteiger partial charge is 0.206 e. The van der Waals surface area contributed by atoms with Crippen molar-refractivity contribution in [2.45, 2.75) is 24.1 Å². The zero-order chi connectivity index (χ0) is 15.8. The molecule has 2 rings (SSSR count). The Morgan fingerprint density at radius 2 is 1.86 bits per heavy atom. The van der Waals surface area contributed by atoms with Gasteiger partial charge in [-0.3, -0.25) is 0 Å². The zero-order valence-corrected chi connectivity index (χ0v) is 15.8. The summed E-state index contributed by atoms with van der Waals surface area (Å²) in [5, 5.41) is 0.634. The molecule has 0 saturated carbocycles. The molecule has 1 heterocycles. The molecule has 21 heavy (non-hydrogen) atoms. The summed E-state index contributed by atoms with van der Waals surface area (Å²) in [7, 11) is -1.91. The molecule has 1 aromatic carbocycles. The molecule has 0 amide bonds. The van der Waals surface area contributed by atoms with Crippen LogP contribution in [-0.4, -0.2) is 19.8 Å². The van der Waals surface area contributed by atoms with Crippen LogP contribution < -0.4 is 0 Å². The number of sulfonamides is 1. The normalized spacial score (nSPS) is 13.6. The van der Waals surface area contributed by atoms with Gasteiger partial charge in [-0.05, 0) is 59.1 Å². The van der Waals surface area contributed by atoms with Gasteiger partial charge in [0.1, 0.15) is 4.21 Å². The Morgan fingerprint density at radius 1 is 1.29 bits per heavy atom. The van der Waals surface area contributed by atoms with E-state index in [1.807, 2.05) is 26.0 Å². The van der Waals surface area contributed by atoms with Gasteiger partial charge >= 0.3 is 0 Å². The predicted molar refractivity (Wildman–Crippen MR) is 91.6 cm³/mol. The van der Waals surface area contributed by atoms with Gasteiger partial charge in [0.25, 0.3) is 10.0 Å². The Labute approximate surface area is 142 Å². The molecule has 0 aliphatic rings. The van der Waals surface area contributed by atoms with Gasteiger partial charge < -0.3 is 0 Å². The minimum absolute atomic E-state index is 0.270. The van der Waals surface area contributed by atoms with Gasteiger partial charge in [0.15, 0.2) is 0 Å². The molecule has 0 radical (unpaired) electrons. The van der Waals surface area contributed by atoms with Crippen LogP contribution in [0.15, 0.2) is 38.3 Å². The maximum absolute atomic E-state index is 12.7. The largest absolute Gasteiger partial charge is 0.252 e. The van der Waals surface area contributed by atoms with Crippen molar-refractivity contribution < 1.29 is 8.42 Å². The van der Waals surface area contributed by atoms with E-state index < -0.39 is 10.0 Å². The molecule has 1 atom stereocenters. The number of rotatable bonds is 4. The molecular formula is C14H15BrClNO2S2. The van der Waals surface area contributed by atoms with E-state index in [0.717, 1.165) is 14.9 Å². The van der Waals surface area contributed by atoms with E-state index in [1.165, 1.54) is 15.6 Å². The van der Waals surface area contributed by atoms with E-state index in [4.69, 9.17) is 11.6 Å². The van der Waals surface area contributed by atoms with Crippen LogP contribution in [0.4, 0.5) is 0 Å². The van der Waals surface area contributed by atoms with Crippen molar-refractivity contribution >= 4 is 48.9 Å². The van der Waals surface area contributed by atoms with Crippen molar-refractivity contribution in [3.05, 3.63) is 50.3 Å². The maximum Gasteiger partial charge on any atom is 0.252 e. The maximum atomic E-state index is 12.7. The van der Waals surface area contributed by atoms with Gasteiger partial charge in [-0.2, -0.15) is 4.31 Å². The van der Waals surface area contributed by atoms with Gasteiger partial charge in [-0.25, -0.2) is 8.42 Å². The average Bonchev–Trinajstić information content (AvgIpc) is 2.78. The summed E-state index contributed by atoms with van der Waals surface area (Å²) in [5.74, 6) is 0. The van der Waals surface area contributed by atoms with Crippen molar-refractivity contribution in [2.24, 2.45) is 0 Å². The number of halogens is 2. The fraction of sp³-hybridized carbons (Fsp3) is 0.286. The highest BCUT2D eigenvalue weighted by Gasteiger charge is 2.28. The highest BCUT2D eigenvalue weighted by molar-refractivity contribution is 9.11. The van der Waals surface area contributed by atoms with Crippen LogP contribution in [0.25, 0.3) is 0 Å². The Morgan fingerprint density at radius 3 is 2.33 bits per heavy atom. The Kier molecular flexibility index (Phi) is 5.15. The van der Waals surface area contributed by atoms with E-state index in [9.17, 15) is 8.42 Å². The van der Waals surface area contributed by atoms with E-state index in [2.05, 4.69) is 15.9 Å². The fourth-order valence-corrected chi connectivity index (χ4v) is 5.75. The second-order valence-corrected chi connectivity index (χ2v) is 9.80. The Hall–Kier alpha value is -0.400. The number of nitrogens with zero attached hydrogens (tertiary/aromatic N) is 1. The van der Waals surface area contributed by atoms with Crippen molar-refractivity contribution in [1.82, 2.24) is 4.31 Å². The first-order valence-electron chi connectivity index (χ1n) is 6.23. The molecule has 1 aromatic heterocycles. The van der Waals surface area contributed by atoms with Crippen molar-refractivity contribution in [3.8, 4) is 0 Å². The second-order valence-electron chi connectivity index (χ2n) is 4.77. The first-order chi connectivity index (χ1) is 9.73. The molecule has 114 valence electrons. The van der Waals surface area contributed by atoms with Crippen LogP contribution in [0.3, 0.4) is 0 Å². The van der Waals surface area contributed by atoms with Crippen LogP contribution >= 0.6 is 38.9 Å². The number of hydrogen-bond donors (Lipinski definition) is 0. The monoisotopic (exact) mass is 407 g/mol. The lowest BCUT2D eigenvalue weighted by molar-refractivity contribution is 0.399. The molecule has 1 unspecified atom stereocenters. The Balaban J connectivity index is 2.33. The van der Waals surface area contributed by atoms with Crippen molar-refractivity contribution in [3.63, 3.8) is 0 Å².